The summed E-state index contributed by atoms with van der Waals surface area (Å²) in [7, 11) is 1.27. The van der Waals surface area contributed by atoms with Crippen LogP contribution in [0.25, 0.3) is 0 Å². The molecule has 0 bridgehead atoms. The molecule has 2 aromatic carbocycles. The van der Waals surface area contributed by atoms with Crippen LogP contribution < -0.4 is 10.6 Å². The third-order valence-corrected chi connectivity index (χ3v) is 13.5. The van der Waals surface area contributed by atoms with E-state index in [1.807, 2.05) is 81.4 Å². The smallest absolute Gasteiger partial charge is 0.306 e. The van der Waals surface area contributed by atoms with Crippen molar-refractivity contribution in [1.29, 1.82) is 0 Å². The average Bonchev–Trinajstić information content (AvgIpc) is 2.72. The van der Waals surface area contributed by atoms with E-state index in [1.165, 1.54) is 0 Å². The summed E-state index contributed by atoms with van der Waals surface area (Å²) in [6.07, 6.45) is 2.56. The summed E-state index contributed by atoms with van der Waals surface area (Å²) in [5.74, 6) is 0. The molecule has 2 rings (SSSR count). The predicted octanol–water partition coefficient (Wildman–Crippen LogP) is 5.91. The largest absolute Gasteiger partial charge is 0.378 e. The highest BCUT2D eigenvalue weighted by Gasteiger charge is 2.65. The third kappa shape index (κ3) is 4.31. The first-order valence-corrected chi connectivity index (χ1v) is 13.5. The Morgan fingerprint density at radius 3 is 1.68 bits per heavy atom. The summed E-state index contributed by atoms with van der Waals surface area (Å²) >= 11 is 0. The Kier molecular flexibility index (Phi) is 8.52. The van der Waals surface area contributed by atoms with Gasteiger partial charge in [0, 0.05) is 7.14 Å². The van der Waals surface area contributed by atoms with Crippen LogP contribution in [0.5, 0.6) is 0 Å². The van der Waals surface area contributed by atoms with Crippen molar-refractivity contribution < 1.29 is 13.6 Å². The molecule has 1 unspecified atom stereocenters. The molecule has 2 radical (unpaired) electrons. The summed E-state index contributed by atoms with van der Waals surface area (Å²) in [5.41, 5.74) is 0. The standard InChI is InChI=1S/C22H32BO3P2/c1-5-8-19-22(4,28(24,25-6-2)26-7-3)27(23,20-15-11-9-12-16-20)21-17-13-10-14-18-21/h9-18H,5-8,19H2,1-4H3/q+1. The third-order valence-electron chi connectivity index (χ3n) is 5.28. The molecule has 0 spiro atoms. The van der Waals surface area contributed by atoms with E-state index >= 15 is 0 Å². The van der Waals surface area contributed by atoms with E-state index in [0.717, 1.165) is 23.5 Å². The van der Waals surface area contributed by atoms with Gasteiger partial charge in [0.2, 0.25) is 0 Å². The lowest BCUT2D eigenvalue weighted by molar-refractivity contribution is 0.207. The second-order valence-electron chi connectivity index (χ2n) is 7.05. The van der Waals surface area contributed by atoms with Gasteiger partial charge in [-0.15, -0.1) is 0 Å². The predicted molar refractivity (Wildman–Crippen MR) is 124 cm³/mol. The van der Waals surface area contributed by atoms with Gasteiger partial charge in [-0.05, 0) is 57.9 Å². The maximum Gasteiger partial charge on any atom is 0.378 e. The minimum absolute atomic E-state index is 0.322. The average molecular weight is 417 g/mol. The Bertz CT molecular complexity index is 720. The second-order valence-corrected chi connectivity index (χ2v) is 13.4. The molecule has 0 aliphatic heterocycles. The maximum atomic E-state index is 14.2. The van der Waals surface area contributed by atoms with Crippen molar-refractivity contribution in [2.45, 2.75) is 51.9 Å². The van der Waals surface area contributed by atoms with Gasteiger partial charge in [-0.25, -0.2) is 0 Å². The van der Waals surface area contributed by atoms with Crippen molar-refractivity contribution in [1.82, 2.24) is 0 Å². The van der Waals surface area contributed by atoms with Crippen LogP contribution in [0.15, 0.2) is 60.7 Å². The topological polar surface area (TPSA) is 35.5 Å². The number of hydrogen-bond donors (Lipinski definition) is 0. The molecule has 0 saturated carbocycles. The summed E-state index contributed by atoms with van der Waals surface area (Å²) in [6.45, 7) is 8.50. The van der Waals surface area contributed by atoms with Crippen molar-refractivity contribution >= 4 is 32.9 Å². The Morgan fingerprint density at radius 1 is 0.893 bits per heavy atom. The Labute approximate surface area is 172 Å². The van der Waals surface area contributed by atoms with Gasteiger partial charge in [0.25, 0.3) is 0 Å². The lowest BCUT2D eigenvalue weighted by atomic mass is 10.2. The zero-order chi connectivity index (χ0) is 20.7. The molecule has 1 atom stereocenters. The molecular weight excluding hydrogens is 385 g/mol. The van der Waals surface area contributed by atoms with Crippen molar-refractivity contribution in [3.05, 3.63) is 60.7 Å². The fourth-order valence-corrected chi connectivity index (χ4v) is 11.2. The highest BCUT2D eigenvalue weighted by atomic mass is 31.2. The van der Waals surface area contributed by atoms with Crippen LogP contribution in [-0.2, 0) is 13.6 Å². The van der Waals surface area contributed by atoms with E-state index < -0.39 is 19.6 Å². The first-order valence-electron chi connectivity index (χ1n) is 10.1. The molecule has 0 aromatic heterocycles. The van der Waals surface area contributed by atoms with Gasteiger partial charge in [-0.1, -0.05) is 49.7 Å². The summed E-state index contributed by atoms with van der Waals surface area (Å²) < 4.78 is 26.0. The van der Waals surface area contributed by atoms with Crippen molar-refractivity contribution in [3.8, 4) is 0 Å². The van der Waals surface area contributed by atoms with Gasteiger partial charge < -0.3 is 9.05 Å². The number of rotatable bonds is 11. The van der Waals surface area contributed by atoms with Gasteiger partial charge in [0.15, 0.2) is 4.90 Å². The van der Waals surface area contributed by atoms with Gasteiger partial charge in [0.05, 0.1) is 23.8 Å². The maximum absolute atomic E-state index is 14.2. The number of hydrogen-bond acceptors (Lipinski definition) is 3. The zero-order valence-corrected chi connectivity index (χ0v) is 19.3. The van der Waals surface area contributed by atoms with Crippen LogP contribution >= 0.6 is 14.7 Å². The van der Waals surface area contributed by atoms with E-state index in [4.69, 9.17) is 16.6 Å². The fraction of sp³-hybridized carbons (Fsp3) is 0.455. The highest BCUT2D eigenvalue weighted by Crippen LogP contribution is 2.80. The Hall–Kier alpha value is -0.915. The summed E-state index contributed by atoms with van der Waals surface area (Å²) in [5, 5.41) is 2.03. The van der Waals surface area contributed by atoms with Gasteiger partial charge >= 0.3 is 15.2 Å². The van der Waals surface area contributed by atoms with Crippen molar-refractivity contribution in [2.75, 3.05) is 13.2 Å². The van der Waals surface area contributed by atoms with E-state index in [2.05, 4.69) is 6.92 Å². The quantitative estimate of drug-likeness (QED) is 0.337. The monoisotopic (exact) mass is 417 g/mol. The molecule has 6 heteroatoms. The minimum Gasteiger partial charge on any atom is -0.306 e. The summed E-state index contributed by atoms with van der Waals surface area (Å²) in [4.78, 5) is -0.829. The first-order chi connectivity index (χ1) is 13.4. The van der Waals surface area contributed by atoms with Crippen LogP contribution in [-0.4, -0.2) is 25.7 Å². The van der Waals surface area contributed by atoms with Gasteiger partial charge in [-0.2, -0.15) is 0 Å². The Balaban J connectivity index is 2.81. The van der Waals surface area contributed by atoms with Crippen LogP contribution in [0.2, 0.25) is 0 Å². The molecule has 0 heterocycles. The molecule has 0 saturated heterocycles. The minimum atomic E-state index is -3.50. The molecule has 3 nitrogen and oxygen atoms in total. The van der Waals surface area contributed by atoms with Crippen LogP contribution in [0.1, 0.15) is 47.0 Å². The highest BCUT2D eigenvalue weighted by molar-refractivity contribution is 8.13. The van der Waals surface area contributed by atoms with Crippen LogP contribution in [0.3, 0.4) is 0 Å². The molecule has 0 aliphatic carbocycles. The molecule has 150 valence electrons. The fourth-order valence-electron chi connectivity index (χ4n) is 3.71. The van der Waals surface area contributed by atoms with Gasteiger partial charge in [0.1, 0.15) is 0 Å². The molecule has 28 heavy (non-hydrogen) atoms. The normalized spacial score (nSPS) is 14.6. The van der Waals surface area contributed by atoms with E-state index in [1.54, 1.807) is 0 Å². The van der Waals surface area contributed by atoms with Gasteiger partial charge in [-0.3, -0.25) is 4.57 Å². The molecule has 2 aromatic rings. The molecule has 0 N–H and O–H groups in total. The number of unbranched alkanes of at least 4 members (excludes halogenated alkanes) is 1. The van der Waals surface area contributed by atoms with Crippen molar-refractivity contribution in [2.24, 2.45) is 0 Å². The lowest BCUT2D eigenvalue weighted by Gasteiger charge is -2.44. The molecule has 0 fully saturated rings. The zero-order valence-electron chi connectivity index (χ0n) is 17.5. The SMILES string of the molecule is [B][P+](c1ccccc1)(c1ccccc1)C(C)(CCCC)P(=O)(OCC)OCC. The lowest BCUT2D eigenvalue weighted by Crippen LogP contribution is -2.41. The van der Waals surface area contributed by atoms with Crippen LogP contribution in [0, 0.1) is 0 Å². The first kappa shape index (κ1) is 23.4. The van der Waals surface area contributed by atoms with E-state index in [0.29, 0.717) is 19.6 Å². The number of benzene rings is 2. The Morgan fingerprint density at radius 2 is 1.32 bits per heavy atom. The summed E-state index contributed by atoms with van der Waals surface area (Å²) in [6, 6.07) is 20.1. The second kappa shape index (κ2) is 10.2. The van der Waals surface area contributed by atoms with Crippen molar-refractivity contribution in [3.63, 3.8) is 0 Å². The van der Waals surface area contributed by atoms with E-state index in [-0.39, 0.29) is 0 Å². The molecular formula is C22H32BO3P2+. The molecule has 0 amide bonds. The van der Waals surface area contributed by atoms with Crippen LogP contribution in [0.4, 0.5) is 0 Å². The van der Waals surface area contributed by atoms with E-state index in [9.17, 15) is 4.57 Å². The molecule has 0 aliphatic rings.